The third-order valence-electron chi connectivity index (χ3n) is 3.16. The Morgan fingerprint density at radius 3 is 2.86 bits per heavy atom. The Balaban J connectivity index is 1.96. The van der Waals surface area contributed by atoms with Gasteiger partial charge in [0.15, 0.2) is 0 Å². The number of hydrogen-bond donors (Lipinski definition) is 2. The van der Waals surface area contributed by atoms with Crippen molar-refractivity contribution in [3.05, 3.63) is 30.1 Å². The Bertz CT molecular complexity index is 564. The van der Waals surface area contributed by atoms with E-state index in [0.717, 1.165) is 6.42 Å². The number of amides is 2. The van der Waals surface area contributed by atoms with E-state index < -0.39 is 6.04 Å². The number of nitrogens with zero attached hydrogens (tertiary/aromatic N) is 3. The highest BCUT2D eigenvalue weighted by atomic mass is 32.2. The maximum atomic E-state index is 12.3. The molecule has 7 nitrogen and oxygen atoms in total. The fourth-order valence-electron chi connectivity index (χ4n) is 2.04. The summed E-state index contributed by atoms with van der Waals surface area (Å²) >= 11 is 1.56. The summed E-state index contributed by atoms with van der Waals surface area (Å²) in [6, 6.07) is 1.19. The lowest BCUT2D eigenvalue weighted by molar-refractivity contribution is -0.135. The van der Waals surface area contributed by atoms with Crippen LogP contribution in [0.5, 0.6) is 0 Å². The molecular formula is C14H19N5O2S. The number of anilines is 1. The van der Waals surface area contributed by atoms with Gasteiger partial charge in [-0.25, -0.2) is 9.97 Å². The second-order valence-corrected chi connectivity index (χ2v) is 5.77. The average molecular weight is 321 g/mol. The molecule has 1 aromatic heterocycles. The number of hydrazine groups is 1. The molecule has 1 aromatic rings. The van der Waals surface area contributed by atoms with Gasteiger partial charge in [-0.2, -0.15) is 0 Å². The van der Waals surface area contributed by atoms with Crippen molar-refractivity contribution in [1.82, 2.24) is 20.3 Å². The van der Waals surface area contributed by atoms with Crippen molar-refractivity contribution in [2.75, 3.05) is 17.1 Å². The first-order chi connectivity index (χ1) is 10.6. The monoisotopic (exact) mass is 321 g/mol. The van der Waals surface area contributed by atoms with Crippen molar-refractivity contribution < 1.29 is 9.59 Å². The van der Waals surface area contributed by atoms with Gasteiger partial charge in [0.25, 0.3) is 11.8 Å². The van der Waals surface area contributed by atoms with E-state index in [2.05, 4.69) is 20.8 Å². The summed E-state index contributed by atoms with van der Waals surface area (Å²) in [6.07, 6.45) is 5.81. The van der Waals surface area contributed by atoms with Gasteiger partial charge in [-0.3, -0.25) is 20.4 Å². The van der Waals surface area contributed by atoms with E-state index in [1.165, 1.54) is 0 Å². The third-order valence-corrected chi connectivity index (χ3v) is 4.17. The minimum Gasteiger partial charge on any atom is -0.317 e. The Morgan fingerprint density at radius 1 is 1.45 bits per heavy atom. The van der Waals surface area contributed by atoms with Crippen LogP contribution in [0, 0.1) is 0 Å². The van der Waals surface area contributed by atoms with Gasteiger partial charge in [-0.15, -0.1) is 11.8 Å². The van der Waals surface area contributed by atoms with Crippen LogP contribution in [0.2, 0.25) is 0 Å². The van der Waals surface area contributed by atoms with Crippen LogP contribution < -0.4 is 10.9 Å². The van der Waals surface area contributed by atoms with E-state index in [1.807, 2.05) is 13.0 Å². The summed E-state index contributed by atoms with van der Waals surface area (Å²) in [5, 5.41) is 0. The van der Waals surface area contributed by atoms with Crippen LogP contribution in [0.15, 0.2) is 30.1 Å². The molecule has 0 saturated carbocycles. The highest BCUT2D eigenvalue weighted by Gasteiger charge is 2.35. The lowest BCUT2D eigenvalue weighted by Gasteiger charge is -2.23. The first-order valence-electron chi connectivity index (χ1n) is 7.01. The molecule has 0 bridgehead atoms. The maximum Gasteiger partial charge on any atom is 0.262 e. The fraction of sp³-hybridized carbons (Fsp3) is 0.429. The van der Waals surface area contributed by atoms with Gasteiger partial charge in [0, 0.05) is 23.7 Å². The van der Waals surface area contributed by atoms with Gasteiger partial charge in [0.1, 0.15) is 6.04 Å². The van der Waals surface area contributed by atoms with E-state index in [-0.39, 0.29) is 11.8 Å². The molecule has 1 atom stereocenters. The molecule has 0 unspecified atom stereocenters. The van der Waals surface area contributed by atoms with Crippen LogP contribution in [-0.2, 0) is 9.59 Å². The molecule has 1 aliphatic heterocycles. The third kappa shape index (κ3) is 3.97. The van der Waals surface area contributed by atoms with Gasteiger partial charge in [0.05, 0.1) is 5.88 Å². The molecule has 2 N–H and O–H groups in total. The second-order valence-electron chi connectivity index (χ2n) is 4.77. The Kier molecular flexibility index (Phi) is 5.76. The SMILES string of the molecule is CC/C=C(\C)C(=O)N1CSC[C@H]1C(=O)NNc1ncccn1. The van der Waals surface area contributed by atoms with Crippen LogP contribution in [0.4, 0.5) is 5.95 Å². The molecule has 2 heterocycles. The molecule has 22 heavy (non-hydrogen) atoms. The highest BCUT2D eigenvalue weighted by molar-refractivity contribution is 7.99. The Hall–Kier alpha value is -2.09. The standard InChI is InChI=1S/C14H19N5O2S/c1-3-5-10(2)13(21)19-9-22-8-11(19)12(20)17-18-14-15-6-4-7-16-14/h4-7,11H,3,8-9H2,1-2H3,(H,17,20)(H,15,16,18)/b10-5+/t11-/m0/s1. The molecule has 1 saturated heterocycles. The zero-order valence-corrected chi connectivity index (χ0v) is 13.4. The van der Waals surface area contributed by atoms with Crippen LogP contribution in [-0.4, -0.2) is 44.4 Å². The number of carbonyl (C=O) groups is 2. The van der Waals surface area contributed by atoms with Crippen molar-refractivity contribution in [3.8, 4) is 0 Å². The smallest absolute Gasteiger partial charge is 0.262 e. The molecule has 118 valence electrons. The normalized spacial score (nSPS) is 18.2. The van der Waals surface area contributed by atoms with Crippen molar-refractivity contribution in [3.63, 3.8) is 0 Å². The number of aromatic nitrogens is 2. The predicted molar refractivity (Wildman–Crippen MR) is 85.8 cm³/mol. The van der Waals surface area contributed by atoms with Gasteiger partial charge in [-0.05, 0) is 19.4 Å². The number of rotatable bonds is 5. The van der Waals surface area contributed by atoms with E-state index >= 15 is 0 Å². The van der Waals surface area contributed by atoms with Crippen molar-refractivity contribution >= 4 is 29.5 Å². The molecule has 0 radical (unpaired) electrons. The molecule has 8 heteroatoms. The number of carbonyl (C=O) groups excluding carboxylic acids is 2. The van der Waals surface area contributed by atoms with Gasteiger partial charge < -0.3 is 4.90 Å². The highest BCUT2D eigenvalue weighted by Crippen LogP contribution is 2.23. The molecule has 0 spiro atoms. The van der Waals surface area contributed by atoms with Crippen molar-refractivity contribution in [1.29, 1.82) is 0 Å². The van der Waals surface area contributed by atoms with E-state index in [0.29, 0.717) is 23.2 Å². The molecule has 2 amide bonds. The minimum atomic E-state index is -0.492. The van der Waals surface area contributed by atoms with Gasteiger partial charge >= 0.3 is 0 Å². The topological polar surface area (TPSA) is 87.2 Å². The number of thioether (sulfide) groups is 1. The summed E-state index contributed by atoms with van der Waals surface area (Å²) < 4.78 is 0. The zero-order chi connectivity index (χ0) is 15.9. The molecule has 1 fully saturated rings. The lowest BCUT2D eigenvalue weighted by Crippen LogP contribution is -2.49. The summed E-state index contributed by atoms with van der Waals surface area (Å²) in [6.45, 7) is 3.75. The fourth-order valence-corrected chi connectivity index (χ4v) is 3.20. The summed E-state index contributed by atoms with van der Waals surface area (Å²) in [4.78, 5) is 34.1. The van der Waals surface area contributed by atoms with Crippen molar-refractivity contribution in [2.24, 2.45) is 0 Å². The van der Waals surface area contributed by atoms with Gasteiger partial charge in [0.2, 0.25) is 5.95 Å². The average Bonchev–Trinajstić information content (AvgIpc) is 3.02. The van der Waals surface area contributed by atoms with E-state index in [4.69, 9.17) is 0 Å². The zero-order valence-electron chi connectivity index (χ0n) is 12.6. The minimum absolute atomic E-state index is 0.0945. The second kappa shape index (κ2) is 7.79. The summed E-state index contributed by atoms with van der Waals surface area (Å²) in [7, 11) is 0. The Morgan fingerprint density at radius 2 is 2.18 bits per heavy atom. The van der Waals surface area contributed by atoms with Crippen LogP contribution >= 0.6 is 11.8 Å². The first kappa shape index (κ1) is 16.3. The molecule has 2 rings (SSSR count). The predicted octanol–water partition coefficient (Wildman–Crippen LogP) is 1.18. The van der Waals surface area contributed by atoms with Crippen LogP contribution in [0.1, 0.15) is 20.3 Å². The summed E-state index contributed by atoms with van der Waals surface area (Å²) in [5.41, 5.74) is 5.88. The first-order valence-corrected chi connectivity index (χ1v) is 8.17. The molecule has 1 aliphatic rings. The van der Waals surface area contributed by atoms with Crippen LogP contribution in [0.3, 0.4) is 0 Å². The number of allylic oxidation sites excluding steroid dienone is 1. The lowest BCUT2D eigenvalue weighted by atomic mass is 10.2. The van der Waals surface area contributed by atoms with Crippen LogP contribution in [0.25, 0.3) is 0 Å². The summed E-state index contributed by atoms with van der Waals surface area (Å²) in [5.74, 6) is 1.04. The van der Waals surface area contributed by atoms with E-state index in [9.17, 15) is 9.59 Å². The quantitative estimate of drug-likeness (QED) is 0.625. The Labute approximate surface area is 133 Å². The molecule has 0 aliphatic carbocycles. The molecular weight excluding hydrogens is 302 g/mol. The molecule has 0 aromatic carbocycles. The van der Waals surface area contributed by atoms with E-state index in [1.54, 1.807) is 42.0 Å². The number of hydrogen-bond acceptors (Lipinski definition) is 6. The van der Waals surface area contributed by atoms with Crippen molar-refractivity contribution in [2.45, 2.75) is 26.3 Å². The van der Waals surface area contributed by atoms with Gasteiger partial charge in [-0.1, -0.05) is 13.0 Å². The maximum absolute atomic E-state index is 12.3. The largest absolute Gasteiger partial charge is 0.317 e. The number of nitrogens with one attached hydrogen (secondary N) is 2.